The first-order chi connectivity index (χ1) is 20.6. The van der Waals surface area contributed by atoms with E-state index in [-0.39, 0.29) is 35.5 Å². The number of nitrogens with zero attached hydrogens (tertiary/aromatic N) is 2. The van der Waals surface area contributed by atoms with Crippen molar-refractivity contribution in [1.82, 2.24) is 14.5 Å². The van der Waals surface area contributed by atoms with E-state index in [1.54, 1.807) is 41.3 Å². The van der Waals surface area contributed by atoms with Gasteiger partial charge in [0.05, 0.1) is 4.90 Å². The number of amides is 2. The summed E-state index contributed by atoms with van der Waals surface area (Å²) in [5.41, 5.74) is 2.48. The van der Waals surface area contributed by atoms with Gasteiger partial charge < -0.3 is 10.2 Å². The maximum atomic E-state index is 13.9. The molecular formula is C34H42FN3O4S. The number of aryl methyl sites for hydroxylation is 1. The summed E-state index contributed by atoms with van der Waals surface area (Å²) in [5, 5.41) is 3.03. The zero-order valence-electron chi connectivity index (χ0n) is 25.0. The van der Waals surface area contributed by atoms with Crippen LogP contribution in [0.1, 0.15) is 56.2 Å². The van der Waals surface area contributed by atoms with Gasteiger partial charge in [0, 0.05) is 39.0 Å². The number of sulfonamides is 1. The molecule has 0 saturated carbocycles. The lowest BCUT2D eigenvalue weighted by Crippen LogP contribution is -2.50. The molecule has 1 saturated heterocycles. The van der Waals surface area contributed by atoms with Crippen molar-refractivity contribution in [1.29, 1.82) is 0 Å². The van der Waals surface area contributed by atoms with Crippen molar-refractivity contribution in [3.63, 3.8) is 0 Å². The van der Waals surface area contributed by atoms with E-state index in [2.05, 4.69) is 19.2 Å². The number of rotatable bonds is 14. The van der Waals surface area contributed by atoms with Crippen LogP contribution < -0.4 is 5.32 Å². The van der Waals surface area contributed by atoms with Crippen LogP contribution in [0.5, 0.6) is 0 Å². The number of carbonyl (C=O) groups is 2. The molecule has 43 heavy (non-hydrogen) atoms. The SMILES string of the molecule is CC(C)CCNC(=O)[C@@H](Cc1ccccc1)N(Cc1ccc(F)cc1)C(=O)CCc1ccc(S(=O)(=O)N2CCCC2)cc1. The maximum absolute atomic E-state index is 13.9. The third kappa shape index (κ3) is 9.21. The molecule has 3 aromatic rings. The van der Waals surface area contributed by atoms with Crippen molar-refractivity contribution < 1.29 is 22.4 Å². The van der Waals surface area contributed by atoms with Gasteiger partial charge in [-0.1, -0.05) is 68.4 Å². The Balaban J connectivity index is 1.54. The Hall–Kier alpha value is -3.56. The lowest BCUT2D eigenvalue weighted by atomic mass is 10.0. The first kappa shape index (κ1) is 32.4. The summed E-state index contributed by atoms with van der Waals surface area (Å²) in [6, 6.07) is 21.5. The molecule has 7 nitrogen and oxygen atoms in total. The van der Waals surface area contributed by atoms with E-state index in [0.29, 0.717) is 38.4 Å². The normalized spacial score (nSPS) is 14.5. The molecule has 0 aromatic heterocycles. The van der Waals surface area contributed by atoms with Crippen LogP contribution in [0.25, 0.3) is 0 Å². The van der Waals surface area contributed by atoms with Gasteiger partial charge in [0.1, 0.15) is 11.9 Å². The number of hydrogen-bond acceptors (Lipinski definition) is 4. The highest BCUT2D eigenvalue weighted by Gasteiger charge is 2.30. The summed E-state index contributed by atoms with van der Waals surface area (Å²) < 4.78 is 41.0. The molecule has 1 heterocycles. The molecule has 0 radical (unpaired) electrons. The molecule has 2 amide bonds. The second-order valence-electron chi connectivity index (χ2n) is 11.6. The average Bonchev–Trinajstić information content (AvgIpc) is 3.55. The Kier molecular flexibility index (Phi) is 11.5. The topological polar surface area (TPSA) is 86.8 Å². The van der Waals surface area contributed by atoms with E-state index in [4.69, 9.17) is 0 Å². The number of hydrogen-bond donors (Lipinski definition) is 1. The highest BCUT2D eigenvalue weighted by atomic mass is 32.2. The van der Waals surface area contributed by atoms with Crippen LogP contribution in [-0.2, 0) is 39.0 Å². The number of carbonyl (C=O) groups excluding carboxylic acids is 2. The van der Waals surface area contributed by atoms with Gasteiger partial charge in [0.15, 0.2) is 0 Å². The Bertz CT molecular complexity index is 1440. The molecule has 0 spiro atoms. The summed E-state index contributed by atoms with van der Waals surface area (Å²) in [7, 11) is -3.51. The predicted octanol–water partition coefficient (Wildman–Crippen LogP) is 5.35. The van der Waals surface area contributed by atoms with Crippen molar-refractivity contribution in [2.24, 2.45) is 5.92 Å². The van der Waals surface area contributed by atoms with Crippen LogP contribution in [0.3, 0.4) is 0 Å². The van der Waals surface area contributed by atoms with Crippen molar-refractivity contribution in [3.8, 4) is 0 Å². The van der Waals surface area contributed by atoms with Crippen molar-refractivity contribution in [3.05, 3.63) is 101 Å². The number of benzene rings is 3. The van der Waals surface area contributed by atoms with Gasteiger partial charge in [0.2, 0.25) is 21.8 Å². The van der Waals surface area contributed by atoms with E-state index >= 15 is 0 Å². The molecule has 1 atom stereocenters. The van der Waals surface area contributed by atoms with Gasteiger partial charge >= 0.3 is 0 Å². The molecule has 0 aliphatic carbocycles. The van der Waals surface area contributed by atoms with Gasteiger partial charge in [-0.25, -0.2) is 12.8 Å². The fourth-order valence-corrected chi connectivity index (χ4v) is 6.76. The predicted molar refractivity (Wildman–Crippen MR) is 166 cm³/mol. The zero-order valence-corrected chi connectivity index (χ0v) is 25.9. The van der Waals surface area contributed by atoms with Crippen LogP contribution in [0.2, 0.25) is 0 Å². The van der Waals surface area contributed by atoms with E-state index < -0.39 is 16.1 Å². The Morgan fingerprint density at radius 3 is 2.14 bits per heavy atom. The van der Waals surface area contributed by atoms with Crippen LogP contribution in [0.15, 0.2) is 83.8 Å². The molecule has 1 N–H and O–H groups in total. The van der Waals surface area contributed by atoms with Gasteiger partial charge in [0.25, 0.3) is 0 Å². The molecule has 230 valence electrons. The lowest BCUT2D eigenvalue weighted by Gasteiger charge is -2.32. The van der Waals surface area contributed by atoms with Crippen molar-refractivity contribution >= 4 is 21.8 Å². The van der Waals surface area contributed by atoms with Crippen LogP contribution in [0, 0.1) is 11.7 Å². The maximum Gasteiger partial charge on any atom is 0.243 e. The number of nitrogens with one attached hydrogen (secondary N) is 1. The first-order valence-corrected chi connectivity index (χ1v) is 16.5. The third-order valence-corrected chi connectivity index (χ3v) is 9.72. The average molecular weight is 608 g/mol. The monoisotopic (exact) mass is 607 g/mol. The molecule has 4 rings (SSSR count). The van der Waals surface area contributed by atoms with Crippen molar-refractivity contribution in [2.45, 2.75) is 69.9 Å². The van der Waals surface area contributed by atoms with Crippen LogP contribution in [-0.4, -0.2) is 55.1 Å². The number of halogens is 1. The molecule has 0 bridgehead atoms. The quantitative estimate of drug-likeness (QED) is 0.268. The fourth-order valence-electron chi connectivity index (χ4n) is 5.24. The highest BCUT2D eigenvalue weighted by molar-refractivity contribution is 7.89. The van der Waals surface area contributed by atoms with Gasteiger partial charge in [-0.2, -0.15) is 4.31 Å². The second kappa shape index (κ2) is 15.3. The molecule has 9 heteroatoms. The van der Waals surface area contributed by atoms with Gasteiger partial charge in [-0.15, -0.1) is 0 Å². The van der Waals surface area contributed by atoms with E-state index in [0.717, 1.165) is 36.0 Å². The summed E-state index contributed by atoms with van der Waals surface area (Å²) in [5.74, 6) is -0.389. The molecule has 1 aliphatic heterocycles. The fraction of sp³-hybridized carbons (Fsp3) is 0.412. The van der Waals surface area contributed by atoms with Crippen LogP contribution >= 0.6 is 0 Å². The highest BCUT2D eigenvalue weighted by Crippen LogP contribution is 2.22. The summed E-state index contributed by atoms with van der Waals surface area (Å²) in [4.78, 5) is 29.3. The van der Waals surface area contributed by atoms with Gasteiger partial charge in [-0.05, 0) is 72.6 Å². The molecular weight excluding hydrogens is 565 g/mol. The minimum atomic E-state index is -3.51. The minimum absolute atomic E-state index is 0.129. The van der Waals surface area contributed by atoms with E-state index in [9.17, 15) is 22.4 Å². The lowest BCUT2D eigenvalue weighted by molar-refractivity contribution is -0.141. The van der Waals surface area contributed by atoms with E-state index in [1.165, 1.54) is 16.4 Å². The molecule has 3 aromatic carbocycles. The largest absolute Gasteiger partial charge is 0.354 e. The standard InChI is InChI=1S/C34H42FN3O4S/c1-26(2)20-21-36-34(40)32(24-28-8-4-3-5-9-28)38(25-29-10-15-30(35)16-11-29)33(39)19-14-27-12-17-31(18-13-27)43(41,42)37-22-6-7-23-37/h3-5,8-13,15-18,26,32H,6-7,14,19-25H2,1-2H3,(H,36,40)/t32-/m1/s1. The summed E-state index contributed by atoms with van der Waals surface area (Å²) in [6.45, 7) is 5.92. The smallest absolute Gasteiger partial charge is 0.243 e. The minimum Gasteiger partial charge on any atom is -0.354 e. The Morgan fingerprint density at radius 2 is 1.51 bits per heavy atom. The zero-order chi connectivity index (χ0) is 30.8. The Labute approximate surface area is 255 Å². The van der Waals surface area contributed by atoms with Crippen molar-refractivity contribution in [2.75, 3.05) is 19.6 Å². The molecule has 1 aliphatic rings. The second-order valence-corrected chi connectivity index (χ2v) is 13.5. The summed E-state index contributed by atoms with van der Waals surface area (Å²) in [6.07, 6.45) is 3.41. The third-order valence-electron chi connectivity index (χ3n) is 7.81. The van der Waals surface area contributed by atoms with Gasteiger partial charge in [-0.3, -0.25) is 9.59 Å². The molecule has 0 unspecified atom stereocenters. The first-order valence-electron chi connectivity index (χ1n) is 15.1. The van der Waals surface area contributed by atoms with Crippen LogP contribution in [0.4, 0.5) is 4.39 Å². The summed E-state index contributed by atoms with van der Waals surface area (Å²) >= 11 is 0. The van der Waals surface area contributed by atoms with E-state index in [1.807, 2.05) is 30.3 Å². The Morgan fingerprint density at radius 1 is 0.884 bits per heavy atom. The molecule has 1 fully saturated rings.